The SMILES string of the molecule is CCOc1cc(C=Nn2c([C@@H](C)CC)nc3ccc(Br)cc3c2=O)c(Br)cc1OCc1ccc(Br)cc1. The van der Waals surface area contributed by atoms with Crippen molar-refractivity contribution in [3.05, 3.63) is 95.3 Å². The van der Waals surface area contributed by atoms with Crippen LogP contribution < -0.4 is 15.0 Å². The molecule has 0 aliphatic rings. The van der Waals surface area contributed by atoms with E-state index in [1.165, 1.54) is 4.68 Å². The summed E-state index contributed by atoms with van der Waals surface area (Å²) in [5, 5.41) is 5.09. The molecule has 6 nitrogen and oxygen atoms in total. The predicted molar refractivity (Wildman–Crippen MR) is 159 cm³/mol. The molecule has 0 saturated heterocycles. The monoisotopic (exact) mass is 689 g/mol. The average molecular weight is 692 g/mol. The summed E-state index contributed by atoms with van der Waals surface area (Å²) in [5.74, 6) is 1.88. The van der Waals surface area contributed by atoms with E-state index in [9.17, 15) is 4.79 Å². The van der Waals surface area contributed by atoms with E-state index in [0.29, 0.717) is 41.4 Å². The molecule has 0 aliphatic carbocycles. The van der Waals surface area contributed by atoms with Crippen molar-refractivity contribution in [2.45, 2.75) is 39.7 Å². The third-order valence-electron chi connectivity index (χ3n) is 5.87. The second kappa shape index (κ2) is 12.4. The molecule has 0 spiro atoms. The maximum absolute atomic E-state index is 13.4. The summed E-state index contributed by atoms with van der Waals surface area (Å²) in [6.07, 6.45) is 2.47. The maximum atomic E-state index is 13.4. The van der Waals surface area contributed by atoms with Crippen molar-refractivity contribution >= 4 is 64.9 Å². The lowest BCUT2D eigenvalue weighted by Gasteiger charge is -2.15. The Morgan fingerprint density at radius 1 is 0.973 bits per heavy atom. The van der Waals surface area contributed by atoms with Crippen molar-refractivity contribution in [1.29, 1.82) is 0 Å². The molecule has 1 aromatic heterocycles. The molecular formula is C28H26Br3N3O3. The molecule has 4 aromatic rings. The van der Waals surface area contributed by atoms with Crippen LogP contribution in [0, 0.1) is 0 Å². The van der Waals surface area contributed by atoms with E-state index in [0.717, 1.165) is 31.0 Å². The molecule has 192 valence electrons. The standard InChI is InChI=1S/C28H26Br3N3O3/c1-4-17(3)27-33-24-11-10-21(30)13-22(24)28(35)34(27)32-15-19-12-25(36-5-2)26(14-23(19)31)37-16-18-6-8-20(29)9-7-18/h6-15,17H,4-5,16H2,1-3H3/t17-/m0/s1. The molecular weight excluding hydrogens is 666 g/mol. The molecule has 1 atom stereocenters. The van der Waals surface area contributed by atoms with Crippen LogP contribution in [0.25, 0.3) is 10.9 Å². The Labute approximate surface area is 241 Å². The molecule has 0 amide bonds. The Balaban J connectivity index is 1.71. The Bertz CT molecular complexity index is 1500. The molecule has 0 bridgehead atoms. The number of nitrogens with zero attached hydrogens (tertiary/aromatic N) is 3. The van der Waals surface area contributed by atoms with Crippen LogP contribution >= 0.6 is 47.8 Å². The van der Waals surface area contributed by atoms with Gasteiger partial charge >= 0.3 is 0 Å². The molecule has 0 aliphatic heterocycles. The maximum Gasteiger partial charge on any atom is 0.282 e. The predicted octanol–water partition coefficient (Wildman–Crippen LogP) is 8.06. The number of rotatable bonds is 9. The van der Waals surface area contributed by atoms with E-state index < -0.39 is 0 Å². The first kappa shape index (κ1) is 27.5. The highest BCUT2D eigenvalue weighted by Gasteiger charge is 2.16. The summed E-state index contributed by atoms with van der Waals surface area (Å²) in [6, 6.07) is 17.2. The summed E-state index contributed by atoms with van der Waals surface area (Å²) in [6.45, 7) is 6.91. The Kier molecular flexibility index (Phi) is 9.21. The lowest BCUT2D eigenvalue weighted by atomic mass is 10.1. The molecule has 9 heteroatoms. The van der Waals surface area contributed by atoms with Gasteiger partial charge < -0.3 is 9.47 Å². The van der Waals surface area contributed by atoms with Crippen LogP contribution in [0.4, 0.5) is 0 Å². The van der Waals surface area contributed by atoms with Crippen molar-refractivity contribution in [3.63, 3.8) is 0 Å². The van der Waals surface area contributed by atoms with Gasteiger partial charge in [-0.15, -0.1) is 0 Å². The van der Waals surface area contributed by atoms with Gasteiger partial charge in [0.15, 0.2) is 11.5 Å². The van der Waals surface area contributed by atoms with Gasteiger partial charge in [0, 0.05) is 24.9 Å². The van der Waals surface area contributed by atoms with Gasteiger partial charge in [0.25, 0.3) is 5.56 Å². The third kappa shape index (κ3) is 6.51. The van der Waals surface area contributed by atoms with E-state index in [2.05, 4.69) is 59.8 Å². The van der Waals surface area contributed by atoms with Crippen molar-refractivity contribution < 1.29 is 9.47 Å². The van der Waals surface area contributed by atoms with E-state index in [1.54, 1.807) is 12.3 Å². The van der Waals surface area contributed by atoms with Gasteiger partial charge in [-0.05, 0) is 77.3 Å². The Hall–Kier alpha value is -2.49. The molecule has 0 N–H and O–H groups in total. The highest BCUT2D eigenvalue weighted by atomic mass is 79.9. The number of benzene rings is 3. The highest BCUT2D eigenvalue weighted by molar-refractivity contribution is 9.11. The van der Waals surface area contributed by atoms with Crippen LogP contribution in [0.2, 0.25) is 0 Å². The largest absolute Gasteiger partial charge is 0.490 e. The minimum atomic E-state index is -0.214. The fourth-order valence-electron chi connectivity index (χ4n) is 3.67. The fourth-order valence-corrected chi connectivity index (χ4v) is 4.72. The Morgan fingerprint density at radius 3 is 2.38 bits per heavy atom. The van der Waals surface area contributed by atoms with Crippen LogP contribution in [0.3, 0.4) is 0 Å². The molecule has 3 aromatic carbocycles. The number of aromatic nitrogens is 2. The van der Waals surface area contributed by atoms with Gasteiger partial charge in [-0.25, -0.2) is 4.98 Å². The average Bonchev–Trinajstić information content (AvgIpc) is 2.89. The quantitative estimate of drug-likeness (QED) is 0.167. The summed E-state index contributed by atoms with van der Waals surface area (Å²) in [5.41, 5.74) is 2.23. The first-order valence-electron chi connectivity index (χ1n) is 11.9. The minimum absolute atomic E-state index is 0.0507. The van der Waals surface area contributed by atoms with Crippen LogP contribution in [0.5, 0.6) is 11.5 Å². The number of fused-ring (bicyclic) bond motifs is 1. The van der Waals surface area contributed by atoms with Crippen molar-refractivity contribution in [1.82, 2.24) is 9.66 Å². The zero-order valence-corrected chi connectivity index (χ0v) is 25.4. The van der Waals surface area contributed by atoms with E-state index in [-0.39, 0.29) is 11.5 Å². The first-order valence-corrected chi connectivity index (χ1v) is 14.3. The van der Waals surface area contributed by atoms with Crippen molar-refractivity contribution in [2.75, 3.05) is 6.61 Å². The van der Waals surface area contributed by atoms with Gasteiger partial charge in [-0.2, -0.15) is 9.78 Å². The number of ether oxygens (including phenoxy) is 2. The molecule has 0 fully saturated rings. The summed E-state index contributed by atoms with van der Waals surface area (Å²) in [7, 11) is 0. The fraction of sp³-hybridized carbons (Fsp3) is 0.250. The zero-order chi connectivity index (χ0) is 26.5. The van der Waals surface area contributed by atoms with Gasteiger partial charge in [0.2, 0.25) is 0 Å². The van der Waals surface area contributed by atoms with E-state index in [4.69, 9.17) is 14.5 Å². The number of halogens is 3. The first-order chi connectivity index (χ1) is 17.8. The highest BCUT2D eigenvalue weighted by Crippen LogP contribution is 2.34. The van der Waals surface area contributed by atoms with Crippen molar-refractivity contribution in [2.24, 2.45) is 5.10 Å². The van der Waals surface area contributed by atoms with Crippen LogP contribution in [0.15, 0.2) is 77.9 Å². The third-order valence-corrected chi connectivity index (χ3v) is 7.58. The van der Waals surface area contributed by atoms with Gasteiger partial charge in [-0.3, -0.25) is 4.79 Å². The van der Waals surface area contributed by atoms with Gasteiger partial charge in [-0.1, -0.05) is 57.8 Å². The minimum Gasteiger partial charge on any atom is -0.490 e. The van der Waals surface area contributed by atoms with Gasteiger partial charge in [0.1, 0.15) is 12.4 Å². The smallest absolute Gasteiger partial charge is 0.282 e. The molecule has 0 saturated carbocycles. The van der Waals surface area contributed by atoms with Gasteiger partial charge in [0.05, 0.1) is 23.7 Å². The van der Waals surface area contributed by atoms with Crippen LogP contribution in [-0.2, 0) is 6.61 Å². The number of hydrogen-bond donors (Lipinski definition) is 0. The molecule has 1 heterocycles. The van der Waals surface area contributed by atoms with E-state index >= 15 is 0 Å². The molecule has 4 rings (SSSR count). The summed E-state index contributed by atoms with van der Waals surface area (Å²) < 4.78 is 15.9. The summed E-state index contributed by atoms with van der Waals surface area (Å²) >= 11 is 10.5. The zero-order valence-electron chi connectivity index (χ0n) is 20.7. The van der Waals surface area contributed by atoms with Crippen LogP contribution in [0.1, 0.15) is 50.1 Å². The van der Waals surface area contributed by atoms with Crippen molar-refractivity contribution in [3.8, 4) is 11.5 Å². The normalized spacial score (nSPS) is 12.3. The summed E-state index contributed by atoms with van der Waals surface area (Å²) in [4.78, 5) is 18.2. The lowest BCUT2D eigenvalue weighted by molar-refractivity contribution is 0.269. The van der Waals surface area contributed by atoms with Crippen LogP contribution in [-0.4, -0.2) is 22.5 Å². The Morgan fingerprint density at radius 2 is 1.68 bits per heavy atom. The molecule has 37 heavy (non-hydrogen) atoms. The number of hydrogen-bond acceptors (Lipinski definition) is 5. The topological polar surface area (TPSA) is 65.7 Å². The second-order valence-electron chi connectivity index (χ2n) is 8.47. The second-order valence-corrected chi connectivity index (χ2v) is 11.2. The lowest BCUT2D eigenvalue weighted by Crippen LogP contribution is -2.23. The van der Waals surface area contributed by atoms with E-state index in [1.807, 2.05) is 62.4 Å². The molecule has 0 unspecified atom stereocenters. The molecule has 0 radical (unpaired) electrons.